The number of aromatic amines is 1. The number of likely N-dealkylation sites (tertiary alicyclic amines) is 1. The first-order chi connectivity index (χ1) is 12.5. The van der Waals surface area contributed by atoms with Gasteiger partial charge < -0.3 is 19.9 Å². The highest BCUT2D eigenvalue weighted by atomic mass is 16.6. The number of nitrogens with zero attached hydrogens (tertiary/aromatic N) is 2. The average molecular weight is 356 g/mol. The van der Waals surface area contributed by atoms with Crippen LogP contribution in [-0.4, -0.2) is 52.1 Å². The van der Waals surface area contributed by atoms with Crippen LogP contribution in [0.5, 0.6) is 0 Å². The van der Waals surface area contributed by atoms with Crippen LogP contribution in [0.3, 0.4) is 0 Å². The molecule has 8 nitrogen and oxygen atoms in total. The lowest BCUT2D eigenvalue weighted by molar-refractivity contribution is -0.136. The number of hydrogen-bond donors (Lipinski definition) is 2. The fraction of sp³-hybridized carbons (Fsp3) is 0.444. The molecule has 0 saturated carbocycles. The van der Waals surface area contributed by atoms with Gasteiger partial charge in [0, 0.05) is 19.4 Å². The first kappa shape index (κ1) is 16.6. The minimum Gasteiger partial charge on any atom is -0.439 e. The van der Waals surface area contributed by atoms with E-state index in [1.165, 1.54) is 0 Å². The van der Waals surface area contributed by atoms with Crippen molar-refractivity contribution in [1.82, 2.24) is 20.2 Å². The van der Waals surface area contributed by atoms with Crippen LogP contribution in [-0.2, 0) is 16.0 Å². The molecule has 4 rings (SSSR count). The summed E-state index contributed by atoms with van der Waals surface area (Å²) in [5.74, 6) is -0.0543. The van der Waals surface area contributed by atoms with Crippen molar-refractivity contribution in [2.24, 2.45) is 0 Å². The predicted molar refractivity (Wildman–Crippen MR) is 93.7 cm³/mol. The molecule has 8 heteroatoms. The highest BCUT2D eigenvalue weighted by molar-refractivity contribution is 5.77. The number of piperidine rings is 1. The maximum Gasteiger partial charge on any atom is 0.407 e. The van der Waals surface area contributed by atoms with Gasteiger partial charge in [-0.25, -0.2) is 9.78 Å². The van der Waals surface area contributed by atoms with Gasteiger partial charge >= 0.3 is 6.09 Å². The molecule has 2 aliphatic heterocycles. The highest BCUT2D eigenvalue weighted by Gasteiger charge is 2.44. The monoisotopic (exact) mass is 356 g/mol. The van der Waals surface area contributed by atoms with Crippen LogP contribution < -0.4 is 10.9 Å². The summed E-state index contributed by atoms with van der Waals surface area (Å²) in [4.78, 5) is 45.0. The van der Waals surface area contributed by atoms with Crippen LogP contribution in [0.1, 0.15) is 25.0 Å². The molecule has 2 aliphatic rings. The molecule has 1 spiro atoms. The van der Waals surface area contributed by atoms with Gasteiger partial charge in [-0.2, -0.15) is 0 Å². The average Bonchev–Trinajstić information content (AvgIpc) is 2.99. The van der Waals surface area contributed by atoms with Crippen LogP contribution in [0, 0.1) is 0 Å². The summed E-state index contributed by atoms with van der Waals surface area (Å²) in [7, 11) is 0. The van der Waals surface area contributed by atoms with Crippen molar-refractivity contribution < 1.29 is 14.3 Å². The lowest BCUT2D eigenvalue weighted by atomic mass is 9.93. The molecule has 3 heterocycles. The number of ether oxygens (including phenoxy) is 1. The first-order valence-electron chi connectivity index (χ1n) is 8.77. The van der Waals surface area contributed by atoms with E-state index in [1.54, 1.807) is 11.0 Å². The SMILES string of the molecule is O=C1NC[C@]2(CCCN(C(=O)CCc3nc4ccccc4[nH]c3=O)C2)O1. The van der Waals surface area contributed by atoms with Crippen LogP contribution in [0.2, 0.25) is 0 Å². The Balaban J connectivity index is 1.43. The second kappa shape index (κ2) is 6.44. The van der Waals surface area contributed by atoms with Gasteiger partial charge in [-0.1, -0.05) is 12.1 Å². The number of benzene rings is 1. The third-order valence-corrected chi connectivity index (χ3v) is 5.00. The largest absolute Gasteiger partial charge is 0.439 e. The van der Waals surface area contributed by atoms with Gasteiger partial charge in [0.05, 0.1) is 24.1 Å². The van der Waals surface area contributed by atoms with Gasteiger partial charge in [0.15, 0.2) is 0 Å². The van der Waals surface area contributed by atoms with Crippen molar-refractivity contribution in [2.75, 3.05) is 19.6 Å². The second-order valence-electron chi connectivity index (χ2n) is 6.87. The zero-order chi connectivity index (χ0) is 18.1. The van der Waals surface area contributed by atoms with Crippen molar-refractivity contribution in [2.45, 2.75) is 31.3 Å². The number of aromatic nitrogens is 2. The highest BCUT2D eigenvalue weighted by Crippen LogP contribution is 2.28. The number of nitrogens with one attached hydrogen (secondary N) is 2. The molecule has 2 aromatic rings. The Bertz CT molecular complexity index is 925. The number of aryl methyl sites for hydroxylation is 1. The fourth-order valence-corrected chi connectivity index (χ4v) is 3.66. The molecular formula is C18H20N4O4. The Kier molecular flexibility index (Phi) is 4.10. The fourth-order valence-electron chi connectivity index (χ4n) is 3.66. The summed E-state index contributed by atoms with van der Waals surface area (Å²) >= 11 is 0. The quantitative estimate of drug-likeness (QED) is 0.852. The Morgan fingerprint density at radius 1 is 1.31 bits per heavy atom. The zero-order valence-electron chi connectivity index (χ0n) is 14.3. The maximum atomic E-state index is 12.6. The Morgan fingerprint density at radius 3 is 2.96 bits per heavy atom. The lowest BCUT2D eigenvalue weighted by Gasteiger charge is -2.38. The molecular weight excluding hydrogens is 336 g/mol. The molecule has 0 radical (unpaired) electrons. The first-order valence-corrected chi connectivity index (χ1v) is 8.77. The van der Waals surface area contributed by atoms with Crippen LogP contribution in [0.4, 0.5) is 4.79 Å². The van der Waals surface area contributed by atoms with E-state index in [1.807, 2.05) is 18.2 Å². The number of fused-ring (bicyclic) bond motifs is 1. The van der Waals surface area contributed by atoms with E-state index >= 15 is 0 Å². The summed E-state index contributed by atoms with van der Waals surface area (Å²) in [5.41, 5.74) is 0.874. The minimum atomic E-state index is -0.607. The van der Waals surface area contributed by atoms with Gasteiger partial charge in [0.1, 0.15) is 11.3 Å². The standard InChI is InChI=1S/C18H20N4O4/c23-15(22-9-3-8-18(11-22)10-19-17(25)26-18)7-6-14-16(24)21-13-5-2-1-4-12(13)20-14/h1-2,4-5H,3,6-11H2,(H,19,25)(H,21,24)/t18-/m0/s1. The van der Waals surface area contributed by atoms with E-state index in [4.69, 9.17) is 4.74 Å². The molecule has 2 saturated heterocycles. The van der Waals surface area contributed by atoms with Crippen LogP contribution in [0.25, 0.3) is 11.0 Å². The summed E-state index contributed by atoms with van der Waals surface area (Å²) in [6.45, 7) is 1.47. The summed E-state index contributed by atoms with van der Waals surface area (Å²) < 4.78 is 5.39. The van der Waals surface area contributed by atoms with Crippen molar-refractivity contribution in [1.29, 1.82) is 0 Å². The normalized spacial score (nSPS) is 22.5. The molecule has 0 aliphatic carbocycles. The molecule has 1 aromatic heterocycles. The van der Waals surface area contributed by atoms with Crippen molar-refractivity contribution in [3.8, 4) is 0 Å². The summed E-state index contributed by atoms with van der Waals surface area (Å²) in [6, 6.07) is 7.31. The molecule has 136 valence electrons. The van der Waals surface area contributed by atoms with Gasteiger partial charge in [0.25, 0.3) is 5.56 Å². The minimum absolute atomic E-state index is 0.0543. The molecule has 2 amide bonds. The number of H-pyrrole nitrogens is 1. The molecule has 2 fully saturated rings. The second-order valence-corrected chi connectivity index (χ2v) is 6.87. The lowest BCUT2D eigenvalue weighted by Crippen LogP contribution is -2.52. The van der Waals surface area contributed by atoms with Gasteiger partial charge in [0.2, 0.25) is 5.91 Å². The van der Waals surface area contributed by atoms with Crippen LogP contribution in [0.15, 0.2) is 29.1 Å². The van der Waals surface area contributed by atoms with Crippen LogP contribution >= 0.6 is 0 Å². The number of carbonyl (C=O) groups is 2. The van der Waals surface area contributed by atoms with Crippen molar-refractivity contribution in [3.05, 3.63) is 40.3 Å². The van der Waals surface area contributed by atoms with Gasteiger partial charge in [-0.05, 0) is 25.0 Å². The predicted octanol–water partition coefficient (Wildman–Crippen LogP) is 0.957. The molecule has 1 aromatic carbocycles. The van der Waals surface area contributed by atoms with E-state index in [0.29, 0.717) is 36.4 Å². The number of hydrogen-bond acceptors (Lipinski definition) is 5. The van der Waals surface area contributed by atoms with E-state index in [9.17, 15) is 14.4 Å². The number of carbonyl (C=O) groups excluding carboxylic acids is 2. The topological polar surface area (TPSA) is 104 Å². The van der Waals surface area contributed by atoms with E-state index in [2.05, 4.69) is 15.3 Å². The van der Waals surface area contributed by atoms with Gasteiger partial charge in [-0.15, -0.1) is 0 Å². The Labute approximate surface area is 149 Å². The number of para-hydroxylation sites is 2. The zero-order valence-corrected chi connectivity index (χ0v) is 14.3. The molecule has 2 N–H and O–H groups in total. The smallest absolute Gasteiger partial charge is 0.407 e. The number of amides is 2. The number of rotatable bonds is 3. The molecule has 0 bridgehead atoms. The van der Waals surface area contributed by atoms with Crippen molar-refractivity contribution >= 4 is 23.0 Å². The summed E-state index contributed by atoms with van der Waals surface area (Å²) in [6.07, 6.45) is 1.59. The summed E-state index contributed by atoms with van der Waals surface area (Å²) in [5, 5.41) is 2.67. The molecule has 26 heavy (non-hydrogen) atoms. The van der Waals surface area contributed by atoms with E-state index in [0.717, 1.165) is 12.8 Å². The van der Waals surface area contributed by atoms with E-state index in [-0.39, 0.29) is 24.3 Å². The third-order valence-electron chi connectivity index (χ3n) is 5.00. The molecule has 0 unspecified atom stereocenters. The number of alkyl carbamates (subject to hydrolysis) is 1. The Hall–Kier alpha value is -2.90. The Morgan fingerprint density at radius 2 is 2.15 bits per heavy atom. The van der Waals surface area contributed by atoms with E-state index < -0.39 is 11.7 Å². The third kappa shape index (κ3) is 3.14. The maximum absolute atomic E-state index is 12.6. The molecule has 1 atom stereocenters. The van der Waals surface area contributed by atoms with Crippen molar-refractivity contribution in [3.63, 3.8) is 0 Å². The van der Waals surface area contributed by atoms with Gasteiger partial charge in [-0.3, -0.25) is 9.59 Å².